The number of ether oxygens (including phenoxy) is 1. The van der Waals surface area contributed by atoms with E-state index >= 15 is 0 Å². The second kappa shape index (κ2) is 4.29. The van der Waals surface area contributed by atoms with Crippen molar-refractivity contribution in [1.82, 2.24) is 19.7 Å². The maximum Gasteiger partial charge on any atom is 0.215 e. The third-order valence-electron chi connectivity index (χ3n) is 4.66. The van der Waals surface area contributed by atoms with Crippen LogP contribution in [0.2, 0.25) is 0 Å². The molecule has 114 valence electrons. The largest absolute Gasteiger partial charge is 0.497 e. The van der Waals surface area contributed by atoms with Crippen molar-refractivity contribution in [2.24, 2.45) is 0 Å². The van der Waals surface area contributed by atoms with Gasteiger partial charge in [-0.05, 0) is 56.1 Å². The van der Waals surface area contributed by atoms with Crippen LogP contribution in [0.4, 0.5) is 0 Å². The zero-order valence-corrected chi connectivity index (χ0v) is 13.9. The van der Waals surface area contributed by atoms with Crippen molar-refractivity contribution in [1.29, 1.82) is 0 Å². The predicted molar refractivity (Wildman–Crippen MR) is 89.1 cm³/mol. The lowest BCUT2D eigenvalue weighted by Gasteiger charge is -2.36. The van der Waals surface area contributed by atoms with Gasteiger partial charge in [-0.25, -0.2) is 0 Å². The Kier molecular flexibility index (Phi) is 2.67. The Morgan fingerprint density at radius 1 is 1.41 bits per heavy atom. The molecule has 0 bridgehead atoms. The summed E-state index contributed by atoms with van der Waals surface area (Å²) < 4.78 is 8.19. The highest BCUT2D eigenvalue weighted by molar-refractivity contribution is 7.71. The average molecular weight is 314 g/mol. The Labute approximate surface area is 133 Å². The second-order valence-electron chi connectivity index (χ2n) is 6.68. The van der Waals surface area contributed by atoms with Crippen molar-refractivity contribution in [3.63, 3.8) is 0 Å². The number of benzene rings is 1. The van der Waals surface area contributed by atoms with Gasteiger partial charge in [-0.2, -0.15) is 10.1 Å². The van der Waals surface area contributed by atoms with Gasteiger partial charge in [-0.1, -0.05) is 6.92 Å². The first-order chi connectivity index (χ1) is 10.4. The lowest BCUT2D eigenvalue weighted by Crippen LogP contribution is -2.32. The number of methoxy groups -OCH3 is 1. The molecule has 3 heterocycles. The number of nitrogens with one attached hydrogen (secondary N) is 1. The topological polar surface area (TPSA) is 55.7 Å². The number of nitrogens with zero attached hydrogens (tertiary/aromatic N) is 3. The highest BCUT2D eigenvalue weighted by atomic mass is 32.1. The van der Waals surface area contributed by atoms with E-state index in [1.165, 1.54) is 11.1 Å². The van der Waals surface area contributed by atoms with Gasteiger partial charge in [0.2, 0.25) is 4.77 Å². The Morgan fingerprint density at radius 3 is 2.91 bits per heavy atom. The molecule has 1 aliphatic rings. The van der Waals surface area contributed by atoms with Crippen LogP contribution in [0.25, 0.3) is 22.1 Å². The van der Waals surface area contributed by atoms with Crippen molar-refractivity contribution < 1.29 is 4.74 Å². The number of aromatic nitrogens is 4. The van der Waals surface area contributed by atoms with Gasteiger partial charge in [0.15, 0.2) is 5.65 Å². The number of fused-ring (bicyclic) bond motifs is 3. The third kappa shape index (κ3) is 1.67. The van der Waals surface area contributed by atoms with Crippen molar-refractivity contribution in [2.75, 3.05) is 7.11 Å². The van der Waals surface area contributed by atoms with Gasteiger partial charge in [-0.3, -0.25) is 5.10 Å². The number of hydrogen-bond acceptors (Lipinski definition) is 4. The second-order valence-corrected chi connectivity index (χ2v) is 7.07. The van der Waals surface area contributed by atoms with Crippen LogP contribution in [-0.4, -0.2) is 26.9 Å². The molecule has 0 unspecified atom stereocenters. The highest BCUT2D eigenvalue weighted by Gasteiger charge is 2.35. The molecule has 0 amide bonds. The molecule has 1 N–H and O–H groups in total. The Balaban J connectivity index is 2.31. The molecule has 0 fully saturated rings. The maximum atomic E-state index is 5.48. The highest BCUT2D eigenvalue weighted by Crippen LogP contribution is 2.46. The number of aromatic amines is 1. The first-order valence-electron chi connectivity index (χ1n) is 7.41. The number of H-pyrrole nitrogens is 1. The SMILES string of the molecule is COc1cc2c3c(c1)c1n[nH]c(=S)nc1n3C(C)(C)C[C@@H]2C. The summed E-state index contributed by atoms with van der Waals surface area (Å²) in [6.07, 6.45) is 1.04. The van der Waals surface area contributed by atoms with Gasteiger partial charge in [-0.15, -0.1) is 0 Å². The molecule has 1 atom stereocenters. The van der Waals surface area contributed by atoms with Gasteiger partial charge in [0, 0.05) is 10.9 Å². The molecule has 22 heavy (non-hydrogen) atoms. The van der Waals surface area contributed by atoms with E-state index in [2.05, 4.69) is 46.6 Å². The summed E-state index contributed by atoms with van der Waals surface area (Å²) in [6, 6.07) is 4.17. The van der Waals surface area contributed by atoms with Crippen LogP contribution >= 0.6 is 12.2 Å². The van der Waals surface area contributed by atoms with Crippen LogP contribution in [-0.2, 0) is 5.54 Å². The summed E-state index contributed by atoms with van der Waals surface area (Å²) in [6.45, 7) is 6.76. The standard InChI is InChI=1S/C16H18N4OS/c1-8-7-16(2,3)20-13-10(8)5-9(21-4)6-11(13)12-14(20)17-15(22)19-18-12/h5-6,8H,7H2,1-4H3,(H,17,19,22)/t8-/m0/s1. The summed E-state index contributed by atoms with van der Waals surface area (Å²) in [5.41, 5.74) is 4.17. The molecule has 0 aliphatic carbocycles. The zero-order valence-electron chi connectivity index (χ0n) is 13.1. The van der Waals surface area contributed by atoms with Crippen molar-refractivity contribution in [3.05, 3.63) is 22.5 Å². The van der Waals surface area contributed by atoms with Gasteiger partial charge in [0.25, 0.3) is 0 Å². The quantitative estimate of drug-likeness (QED) is 0.692. The van der Waals surface area contributed by atoms with E-state index in [1.807, 2.05) is 6.07 Å². The van der Waals surface area contributed by atoms with Crippen LogP contribution in [0.15, 0.2) is 12.1 Å². The number of rotatable bonds is 1. The minimum atomic E-state index is -0.0290. The minimum Gasteiger partial charge on any atom is -0.497 e. The summed E-state index contributed by atoms with van der Waals surface area (Å²) in [5.74, 6) is 1.31. The smallest absolute Gasteiger partial charge is 0.215 e. The van der Waals surface area contributed by atoms with E-state index in [9.17, 15) is 0 Å². The average Bonchev–Trinajstić information content (AvgIpc) is 2.78. The summed E-state index contributed by atoms with van der Waals surface area (Å²) in [7, 11) is 1.70. The molecule has 0 saturated carbocycles. The van der Waals surface area contributed by atoms with Gasteiger partial charge in [0.1, 0.15) is 11.3 Å². The van der Waals surface area contributed by atoms with Crippen LogP contribution in [0, 0.1) is 4.77 Å². The predicted octanol–water partition coefficient (Wildman–Crippen LogP) is 3.89. The maximum absolute atomic E-state index is 5.48. The molecule has 3 aromatic rings. The van der Waals surface area contributed by atoms with Crippen LogP contribution in [0.1, 0.15) is 38.7 Å². The molecule has 4 rings (SSSR count). The zero-order chi connectivity index (χ0) is 15.6. The molecule has 1 aromatic carbocycles. The molecular weight excluding hydrogens is 296 g/mol. The Bertz CT molecular complexity index is 970. The Hall–Kier alpha value is -1.95. The van der Waals surface area contributed by atoms with Crippen LogP contribution in [0.3, 0.4) is 0 Å². The van der Waals surface area contributed by atoms with Gasteiger partial charge < -0.3 is 9.30 Å². The first-order valence-corrected chi connectivity index (χ1v) is 7.82. The summed E-state index contributed by atoms with van der Waals surface area (Å²) in [5, 5.41) is 8.34. The van der Waals surface area contributed by atoms with Crippen LogP contribution in [0.5, 0.6) is 5.75 Å². The lowest BCUT2D eigenvalue weighted by atomic mass is 9.82. The first kappa shape index (κ1) is 13.7. The molecule has 1 aliphatic heterocycles. The molecular formula is C16H18N4OS. The summed E-state index contributed by atoms with van der Waals surface area (Å²) >= 11 is 5.18. The normalized spacial score (nSPS) is 19.7. The minimum absolute atomic E-state index is 0.0290. The van der Waals surface area contributed by atoms with E-state index < -0.39 is 0 Å². The van der Waals surface area contributed by atoms with E-state index in [-0.39, 0.29) is 5.54 Å². The van der Waals surface area contributed by atoms with Crippen LogP contribution < -0.4 is 4.74 Å². The molecule has 0 spiro atoms. The van der Waals surface area contributed by atoms with Crippen molar-refractivity contribution in [3.8, 4) is 5.75 Å². The molecule has 5 nitrogen and oxygen atoms in total. The Morgan fingerprint density at radius 2 is 2.18 bits per heavy atom. The van der Waals surface area contributed by atoms with E-state index in [1.54, 1.807) is 7.11 Å². The molecule has 6 heteroatoms. The van der Waals surface area contributed by atoms with E-state index in [4.69, 9.17) is 17.0 Å². The fraction of sp³-hybridized carbons (Fsp3) is 0.438. The lowest BCUT2D eigenvalue weighted by molar-refractivity contribution is 0.308. The van der Waals surface area contributed by atoms with Crippen molar-refractivity contribution >= 4 is 34.3 Å². The molecule has 2 aromatic heterocycles. The summed E-state index contributed by atoms with van der Waals surface area (Å²) in [4.78, 5) is 4.55. The molecule has 0 radical (unpaired) electrons. The van der Waals surface area contributed by atoms with E-state index in [0.717, 1.165) is 28.7 Å². The van der Waals surface area contributed by atoms with Gasteiger partial charge >= 0.3 is 0 Å². The fourth-order valence-electron chi connectivity index (χ4n) is 3.86. The third-order valence-corrected chi connectivity index (χ3v) is 4.85. The molecule has 0 saturated heterocycles. The number of hydrogen-bond donors (Lipinski definition) is 1. The fourth-order valence-corrected chi connectivity index (χ4v) is 4.00. The van der Waals surface area contributed by atoms with Crippen molar-refractivity contribution in [2.45, 2.75) is 38.6 Å². The van der Waals surface area contributed by atoms with E-state index in [0.29, 0.717) is 10.7 Å². The van der Waals surface area contributed by atoms with Gasteiger partial charge in [0.05, 0.1) is 12.6 Å². The monoisotopic (exact) mass is 314 g/mol.